The molecule has 2 aromatic rings. The molecule has 2 nitrogen and oxygen atoms in total. The van der Waals surface area contributed by atoms with Crippen LogP contribution in [0.15, 0.2) is 22.7 Å². The predicted molar refractivity (Wildman–Crippen MR) is 78.9 cm³/mol. The van der Waals surface area contributed by atoms with Gasteiger partial charge in [0.25, 0.3) is 0 Å². The van der Waals surface area contributed by atoms with Crippen molar-refractivity contribution in [2.75, 3.05) is 0 Å². The van der Waals surface area contributed by atoms with Crippen LogP contribution in [-0.4, -0.2) is 9.55 Å². The normalized spacial score (nSPS) is 15.4. The van der Waals surface area contributed by atoms with E-state index in [1.807, 2.05) is 12.1 Å². The first-order valence-electron chi connectivity index (χ1n) is 6.48. The van der Waals surface area contributed by atoms with Crippen molar-refractivity contribution in [1.29, 1.82) is 0 Å². The van der Waals surface area contributed by atoms with Gasteiger partial charge in [-0.1, -0.05) is 28.8 Å². The minimum Gasteiger partial charge on any atom is -0.327 e. The molecule has 0 unspecified atom stereocenters. The summed E-state index contributed by atoms with van der Waals surface area (Å²) in [5.74, 6) is 2.46. The highest BCUT2D eigenvalue weighted by atomic mass is 79.9. The van der Waals surface area contributed by atoms with Crippen LogP contribution >= 0.6 is 27.5 Å². The van der Waals surface area contributed by atoms with Crippen molar-refractivity contribution in [2.24, 2.45) is 5.92 Å². The number of fused-ring (bicyclic) bond motifs is 1. The second kappa shape index (κ2) is 5.22. The molecule has 1 fully saturated rings. The van der Waals surface area contributed by atoms with Crippen LogP contribution in [0, 0.1) is 5.92 Å². The number of benzene rings is 1. The zero-order chi connectivity index (χ0) is 12.5. The van der Waals surface area contributed by atoms with Gasteiger partial charge in [0.05, 0.1) is 16.9 Å². The molecule has 0 spiro atoms. The van der Waals surface area contributed by atoms with Crippen molar-refractivity contribution in [3.8, 4) is 0 Å². The molecule has 1 aliphatic carbocycles. The van der Waals surface area contributed by atoms with Gasteiger partial charge in [-0.05, 0) is 37.0 Å². The number of rotatable bonds is 5. The number of imidazole rings is 1. The Morgan fingerprint density at radius 2 is 2.22 bits per heavy atom. The van der Waals surface area contributed by atoms with Gasteiger partial charge in [0.15, 0.2) is 0 Å². The van der Waals surface area contributed by atoms with Crippen molar-refractivity contribution in [1.82, 2.24) is 9.55 Å². The summed E-state index contributed by atoms with van der Waals surface area (Å²) in [7, 11) is 0. The molecular formula is C14H16BrClN2. The average Bonchev–Trinajstić information content (AvgIpc) is 3.12. The van der Waals surface area contributed by atoms with E-state index in [0.717, 1.165) is 28.3 Å². The molecule has 0 bridgehead atoms. The number of aryl methyl sites for hydroxylation is 1. The van der Waals surface area contributed by atoms with E-state index in [1.54, 1.807) is 0 Å². The van der Waals surface area contributed by atoms with Crippen LogP contribution in [0.2, 0.25) is 0 Å². The highest BCUT2D eigenvalue weighted by Gasteiger charge is 2.20. The predicted octanol–water partition coefficient (Wildman–Crippen LogP) is 4.73. The molecule has 1 heterocycles. The van der Waals surface area contributed by atoms with Gasteiger partial charge >= 0.3 is 0 Å². The Kier molecular flexibility index (Phi) is 3.62. The smallest absolute Gasteiger partial charge is 0.124 e. The monoisotopic (exact) mass is 326 g/mol. The topological polar surface area (TPSA) is 17.8 Å². The summed E-state index contributed by atoms with van der Waals surface area (Å²) in [6, 6.07) is 6.21. The lowest BCUT2D eigenvalue weighted by Crippen LogP contribution is -2.02. The van der Waals surface area contributed by atoms with E-state index in [0.29, 0.717) is 5.88 Å². The third-order valence-electron chi connectivity index (χ3n) is 3.60. The SMILES string of the molecule is ClCc1nc2ccc(Br)cc2n1CCCC1CC1. The molecule has 1 aromatic heterocycles. The van der Waals surface area contributed by atoms with Gasteiger partial charge in [0.1, 0.15) is 5.82 Å². The van der Waals surface area contributed by atoms with E-state index >= 15 is 0 Å². The maximum atomic E-state index is 6.00. The Balaban J connectivity index is 1.87. The highest BCUT2D eigenvalue weighted by molar-refractivity contribution is 9.10. The minimum absolute atomic E-state index is 0.482. The lowest BCUT2D eigenvalue weighted by atomic mass is 10.2. The molecule has 1 aromatic carbocycles. The molecule has 0 radical (unpaired) electrons. The number of nitrogens with zero attached hydrogens (tertiary/aromatic N) is 2. The van der Waals surface area contributed by atoms with E-state index in [4.69, 9.17) is 11.6 Å². The first-order chi connectivity index (χ1) is 8.78. The van der Waals surface area contributed by atoms with Crippen LogP contribution in [0.1, 0.15) is 31.5 Å². The van der Waals surface area contributed by atoms with Crippen LogP contribution in [0.25, 0.3) is 11.0 Å². The third kappa shape index (κ3) is 2.57. The van der Waals surface area contributed by atoms with Gasteiger partial charge in [-0.3, -0.25) is 0 Å². The molecule has 1 aliphatic rings. The quantitative estimate of drug-likeness (QED) is 0.726. The first kappa shape index (κ1) is 12.5. The van der Waals surface area contributed by atoms with Crippen molar-refractivity contribution in [3.05, 3.63) is 28.5 Å². The summed E-state index contributed by atoms with van der Waals surface area (Å²) in [6.45, 7) is 1.03. The molecular weight excluding hydrogens is 312 g/mol. The number of hydrogen-bond donors (Lipinski definition) is 0. The van der Waals surface area contributed by atoms with Crippen LogP contribution < -0.4 is 0 Å². The fourth-order valence-electron chi connectivity index (χ4n) is 2.44. The fourth-order valence-corrected chi connectivity index (χ4v) is 2.99. The Labute approximate surface area is 120 Å². The van der Waals surface area contributed by atoms with Crippen LogP contribution in [0.3, 0.4) is 0 Å². The van der Waals surface area contributed by atoms with Gasteiger partial charge in [0.2, 0.25) is 0 Å². The van der Waals surface area contributed by atoms with Crippen molar-refractivity contribution < 1.29 is 0 Å². The molecule has 96 valence electrons. The van der Waals surface area contributed by atoms with Crippen LogP contribution in [-0.2, 0) is 12.4 Å². The molecule has 0 atom stereocenters. The average molecular weight is 328 g/mol. The van der Waals surface area contributed by atoms with E-state index in [-0.39, 0.29) is 0 Å². The summed E-state index contributed by atoms with van der Waals surface area (Å²) in [5, 5.41) is 0. The standard InChI is InChI=1S/C14H16BrClN2/c15-11-5-6-12-13(8-11)18(14(9-16)17-12)7-1-2-10-3-4-10/h5-6,8,10H,1-4,7,9H2. The lowest BCUT2D eigenvalue weighted by molar-refractivity contribution is 0.576. The van der Waals surface area contributed by atoms with E-state index < -0.39 is 0 Å². The Morgan fingerprint density at radius 3 is 2.94 bits per heavy atom. The van der Waals surface area contributed by atoms with Crippen molar-refractivity contribution in [2.45, 2.75) is 38.1 Å². The summed E-state index contributed by atoms with van der Waals surface area (Å²) < 4.78 is 3.37. The Bertz CT molecular complexity index is 560. The molecule has 0 amide bonds. The molecule has 18 heavy (non-hydrogen) atoms. The second-order valence-electron chi connectivity index (χ2n) is 5.03. The summed E-state index contributed by atoms with van der Waals surface area (Å²) in [6.07, 6.45) is 5.43. The van der Waals surface area contributed by atoms with Crippen molar-refractivity contribution in [3.63, 3.8) is 0 Å². The first-order valence-corrected chi connectivity index (χ1v) is 7.81. The van der Waals surface area contributed by atoms with E-state index in [2.05, 4.69) is 31.5 Å². The van der Waals surface area contributed by atoms with Gasteiger partial charge in [-0.2, -0.15) is 0 Å². The third-order valence-corrected chi connectivity index (χ3v) is 4.33. The summed E-state index contributed by atoms with van der Waals surface area (Å²) in [5.41, 5.74) is 2.23. The summed E-state index contributed by atoms with van der Waals surface area (Å²) in [4.78, 5) is 4.60. The second-order valence-corrected chi connectivity index (χ2v) is 6.21. The van der Waals surface area contributed by atoms with Gasteiger partial charge in [0, 0.05) is 11.0 Å². The van der Waals surface area contributed by atoms with Crippen LogP contribution in [0.4, 0.5) is 0 Å². The number of hydrogen-bond acceptors (Lipinski definition) is 1. The zero-order valence-corrected chi connectivity index (χ0v) is 12.5. The number of alkyl halides is 1. The van der Waals surface area contributed by atoms with Gasteiger partial charge in [-0.25, -0.2) is 4.98 Å². The van der Waals surface area contributed by atoms with Gasteiger partial charge in [-0.15, -0.1) is 11.6 Å². The number of halogens is 2. The maximum absolute atomic E-state index is 6.00. The summed E-state index contributed by atoms with van der Waals surface area (Å²) >= 11 is 9.53. The fraction of sp³-hybridized carbons (Fsp3) is 0.500. The molecule has 0 saturated heterocycles. The Hall–Kier alpha value is -0.540. The van der Waals surface area contributed by atoms with Crippen LogP contribution in [0.5, 0.6) is 0 Å². The molecule has 0 N–H and O–H groups in total. The zero-order valence-electron chi connectivity index (χ0n) is 10.2. The minimum atomic E-state index is 0.482. The van der Waals surface area contributed by atoms with E-state index in [1.165, 1.54) is 31.2 Å². The number of aromatic nitrogens is 2. The Morgan fingerprint density at radius 1 is 1.39 bits per heavy atom. The lowest BCUT2D eigenvalue weighted by Gasteiger charge is -2.07. The van der Waals surface area contributed by atoms with Gasteiger partial charge < -0.3 is 4.57 Å². The molecule has 0 aliphatic heterocycles. The van der Waals surface area contributed by atoms with Crippen molar-refractivity contribution >= 4 is 38.6 Å². The largest absolute Gasteiger partial charge is 0.327 e. The molecule has 3 rings (SSSR count). The highest BCUT2D eigenvalue weighted by Crippen LogP contribution is 2.34. The molecule has 4 heteroatoms. The van der Waals surface area contributed by atoms with E-state index in [9.17, 15) is 0 Å². The maximum Gasteiger partial charge on any atom is 0.124 e. The molecule has 1 saturated carbocycles.